The molecule has 6 heterocycles. The van der Waals surface area contributed by atoms with Crippen molar-refractivity contribution in [3.8, 4) is 34.5 Å². The van der Waals surface area contributed by atoms with Crippen LogP contribution in [0, 0.1) is 0 Å². The molecule has 33 nitrogen and oxygen atoms in total. The summed E-state index contributed by atoms with van der Waals surface area (Å²) in [5.41, 5.74) is 0.0948. The number of benzene rings is 4. The third-order valence-electron chi connectivity index (χ3n) is 17.9. The first-order valence-electron chi connectivity index (χ1n) is 32.9. The van der Waals surface area contributed by atoms with Crippen molar-refractivity contribution < 1.29 is 132 Å². The molecule has 33 heteroatoms. The topological polar surface area (TPSA) is 454 Å². The minimum absolute atomic E-state index is 0.0279. The standard InChI is InChI=1S/C69H86N6O27/c1-33-19-43-63(89)74(67(91)97-31-35-11-13-46(39(21-35)59(85)70-15-18-93-6)99-65-57(83)55(81)53(79)51(29-76)101-65)41-25-48(45(78)23-37(41)61(87)72(43)27-33)95-16-9-8-10-17-96-50-26-42-38(24-49(50)94-7)62(88)73-28-34(2)20-44(73)64(90)75(42)68(92)98-32-36-12-14-47(40(22-36)60(86)71-69(3,4)5)100-66-58(84)56(82)54(80)52(30-77)102-66/h11-14,21-26,43-44,51-58,63-66,76-84,89-90H,1-2,8-10,15-20,27-32H2,3-7H3,(H,70,85)(H,71,86)/t43-,44-,51+,52+,53-,54-,55-,56-,57+,58+,63?,64?,65+,66+/m0/s1. The highest BCUT2D eigenvalue weighted by Gasteiger charge is 2.50. The van der Waals surface area contributed by atoms with Gasteiger partial charge in [0.1, 0.15) is 73.5 Å². The summed E-state index contributed by atoms with van der Waals surface area (Å²) in [6.07, 6.45) is -20.8. The molecule has 10 rings (SSSR count). The Morgan fingerprint density at radius 3 is 1.49 bits per heavy atom. The van der Waals surface area contributed by atoms with E-state index < -0.39 is 159 Å². The van der Waals surface area contributed by atoms with Crippen LogP contribution in [0.5, 0.6) is 34.5 Å². The first-order chi connectivity index (χ1) is 48.6. The Balaban J connectivity index is 0.815. The molecule has 4 fully saturated rings. The molecule has 0 spiro atoms. The molecular weight excluding hydrogens is 1340 g/mol. The van der Waals surface area contributed by atoms with Gasteiger partial charge in [-0.3, -0.25) is 19.2 Å². The highest BCUT2D eigenvalue weighted by Crippen LogP contribution is 2.45. The number of hydrogen-bond donors (Lipinski definition) is 13. The average Bonchev–Trinajstić information content (AvgIpc) is 1.59. The number of amides is 6. The number of fused-ring (bicyclic) bond motifs is 4. The van der Waals surface area contributed by atoms with E-state index in [1.165, 1.54) is 78.6 Å². The fourth-order valence-corrected chi connectivity index (χ4v) is 12.6. The lowest BCUT2D eigenvalue weighted by molar-refractivity contribution is -0.277. The van der Waals surface area contributed by atoms with Gasteiger partial charge in [0.05, 0.1) is 85.9 Å². The number of rotatable bonds is 24. The number of aliphatic hydroxyl groups excluding tert-OH is 10. The SMILES string of the molecule is C=C1C[C@H]2C(O)N(C(=O)OCc3ccc(O[C@@H]4O[C@H](CO)[C@H](O)[C@H](O)[C@H]4O)c(C(=O)NCCOC)c3)c3cc(OCCCCCOc4cc5c(cc4OC)C(=O)N4CC(=C)C[C@H]4C(O)N5C(=O)OCc4ccc(O[C@@H]5O[C@H](CO)[C@H](O)[C@H](O)[C@H]5O)c(C(=O)NC(C)(C)C)c4)c(O)cc3C(=O)N2C1. The van der Waals surface area contributed by atoms with E-state index in [2.05, 4.69) is 23.8 Å². The van der Waals surface area contributed by atoms with Crippen LogP contribution in [0.25, 0.3) is 0 Å². The van der Waals surface area contributed by atoms with Crippen LogP contribution in [0.1, 0.15) is 105 Å². The summed E-state index contributed by atoms with van der Waals surface area (Å²) in [5.74, 6) is -3.34. The maximum Gasteiger partial charge on any atom is 0.416 e. The van der Waals surface area contributed by atoms with Crippen molar-refractivity contribution in [3.63, 3.8) is 0 Å². The molecule has 13 N–H and O–H groups in total. The lowest BCUT2D eigenvalue weighted by Gasteiger charge is -2.39. The second-order valence-electron chi connectivity index (χ2n) is 26.4. The van der Waals surface area contributed by atoms with Crippen molar-refractivity contribution in [2.75, 3.05) is 76.7 Å². The van der Waals surface area contributed by atoms with Crippen molar-refractivity contribution in [2.45, 2.75) is 158 Å². The summed E-state index contributed by atoms with van der Waals surface area (Å²) in [7, 11) is 2.78. The predicted octanol–water partition coefficient (Wildman–Crippen LogP) is 0.783. The highest BCUT2D eigenvalue weighted by atomic mass is 16.7. The maximum atomic E-state index is 14.5. The van der Waals surface area contributed by atoms with Crippen molar-refractivity contribution >= 4 is 47.2 Å². The summed E-state index contributed by atoms with van der Waals surface area (Å²) < 4.78 is 57.4. The summed E-state index contributed by atoms with van der Waals surface area (Å²) in [6, 6.07) is 11.3. The van der Waals surface area contributed by atoms with Crippen molar-refractivity contribution in [1.82, 2.24) is 20.4 Å². The Bertz CT molecular complexity index is 3790. The second kappa shape index (κ2) is 32.2. The van der Waals surface area contributed by atoms with Crippen LogP contribution in [0.15, 0.2) is 85.0 Å². The van der Waals surface area contributed by atoms with Gasteiger partial charge in [-0.25, -0.2) is 19.4 Å². The number of nitrogens with zero attached hydrogens (tertiary/aromatic N) is 4. The number of phenols is 1. The van der Waals surface area contributed by atoms with Gasteiger partial charge in [-0.15, -0.1) is 0 Å². The summed E-state index contributed by atoms with van der Waals surface area (Å²) in [5, 5.41) is 123. The zero-order chi connectivity index (χ0) is 73.8. The van der Waals surface area contributed by atoms with E-state index in [0.29, 0.717) is 30.4 Å². The van der Waals surface area contributed by atoms with Crippen LogP contribution in [0.2, 0.25) is 0 Å². The number of aliphatic hydroxyl groups is 10. The van der Waals surface area contributed by atoms with E-state index in [1.807, 2.05) is 0 Å². The number of unbranched alkanes of at least 4 members (excludes halogenated alkanes) is 2. The molecule has 2 unspecified atom stereocenters. The summed E-state index contributed by atoms with van der Waals surface area (Å²) in [6.45, 7) is 10.9. The van der Waals surface area contributed by atoms with Crippen LogP contribution >= 0.6 is 0 Å². The van der Waals surface area contributed by atoms with Gasteiger partial charge < -0.3 is 124 Å². The van der Waals surface area contributed by atoms with E-state index in [1.54, 1.807) is 20.8 Å². The molecule has 102 heavy (non-hydrogen) atoms. The van der Waals surface area contributed by atoms with Gasteiger partial charge in [0.2, 0.25) is 12.6 Å². The van der Waals surface area contributed by atoms with Crippen LogP contribution in [0.3, 0.4) is 0 Å². The molecule has 6 aliphatic heterocycles. The van der Waals surface area contributed by atoms with E-state index >= 15 is 0 Å². The normalized spacial score (nSPS) is 26.2. The Kier molecular flexibility index (Phi) is 23.9. The molecule has 0 radical (unpaired) electrons. The number of aromatic hydroxyl groups is 1. The van der Waals surface area contributed by atoms with E-state index in [9.17, 15) is 84.9 Å². The molecule has 4 aromatic rings. The molecule has 4 aromatic carbocycles. The third-order valence-corrected chi connectivity index (χ3v) is 17.9. The number of ether oxygens (including phenoxy) is 10. The lowest BCUT2D eigenvalue weighted by Crippen LogP contribution is -2.60. The number of anilines is 2. The molecule has 4 saturated heterocycles. The Morgan fingerprint density at radius 1 is 0.569 bits per heavy atom. The van der Waals surface area contributed by atoms with Crippen molar-refractivity contribution in [2.24, 2.45) is 0 Å². The minimum Gasteiger partial charge on any atom is -0.504 e. The first kappa shape index (κ1) is 75.7. The van der Waals surface area contributed by atoms with Crippen LogP contribution < -0.4 is 44.1 Å². The van der Waals surface area contributed by atoms with Gasteiger partial charge in [-0.1, -0.05) is 36.4 Å². The van der Waals surface area contributed by atoms with Gasteiger partial charge in [0.25, 0.3) is 23.6 Å². The van der Waals surface area contributed by atoms with Crippen LogP contribution in [0.4, 0.5) is 21.0 Å². The lowest BCUT2D eigenvalue weighted by atomic mass is 9.99. The summed E-state index contributed by atoms with van der Waals surface area (Å²) >= 11 is 0. The summed E-state index contributed by atoms with van der Waals surface area (Å²) in [4.78, 5) is 89.5. The minimum atomic E-state index is -1.82. The monoisotopic (exact) mass is 1430 g/mol. The number of hydrogen-bond acceptors (Lipinski definition) is 27. The number of carbonyl (C=O) groups excluding carboxylic acids is 6. The predicted molar refractivity (Wildman–Crippen MR) is 354 cm³/mol. The molecule has 0 aliphatic carbocycles. The van der Waals surface area contributed by atoms with Gasteiger partial charge >= 0.3 is 12.2 Å². The zero-order valence-electron chi connectivity index (χ0n) is 56.6. The first-order valence-corrected chi connectivity index (χ1v) is 32.9. The van der Waals surface area contributed by atoms with Crippen molar-refractivity contribution in [3.05, 3.63) is 118 Å². The largest absolute Gasteiger partial charge is 0.504 e. The highest BCUT2D eigenvalue weighted by molar-refractivity contribution is 6.07. The fourth-order valence-electron chi connectivity index (χ4n) is 12.6. The molecule has 0 saturated carbocycles. The molecule has 554 valence electrons. The molecular formula is C69H86N6O27. The third kappa shape index (κ3) is 16.3. The average molecular weight is 1430 g/mol. The molecule has 0 bridgehead atoms. The molecule has 14 atom stereocenters. The quantitative estimate of drug-likeness (QED) is 0.0340. The van der Waals surface area contributed by atoms with E-state index in [-0.39, 0.29) is 126 Å². The van der Waals surface area contributed by atoms with Gasteiger partial charge in [0, 0.05) is 44.4 Å². The van der Waals surface area contributed by atoms with Crippen molar-refractivity contribution in [1.29, 1.82) is 0 Å². The number of phenolic OH excluding ortho intramolecular Hbond substituents is 1. The maximum absolute atomic E-state index is 14.5. The number of carbonyl (C=O) groups is 6. The Labute approximate surface area is 585 Å². The van der Waals surface area contributed by atoms with Crippen LogP contribution in [-0.4, -0.2) is 260 Å². The van der Waals surface area contributed by atoms with E-state index in [0.717, 1.165) is 15.9 Å². The number of nitrogens with one attached hydrogen (secondary N) is 2. The second-order valence-corrected chi connectivity index (χ2v) is 26.4. The smallest absolute Gasteiger partial charge is 0.416 e. The van der Waals surface area contributed by atoms with Gasteiger partial charge in [0.15, 0.2) is 35.5 Å². The van der Waals surface area contributed by atoms with Crippen LogP contribution in [-0.2, 0) is 36.9 Å². The molecule has 6 aliphatic rings. The number of methoxy groups -OCH3 is 2. The molecule has 0 aromatic heterocycles. The Morgan fingerprint density at radius 2 is 1.03 bits per heavy atom. The zero-order valence-corrected chi connectivity index (χ0v) is 56.6. The van der Waals surface area contributed by atoms with Gasteiger partial charge in [-0.2, -0.15) is 0 Å². The van der Waals surface area contributed by atoms with E-state index in [4.69, 9.17) is 47.4 Å². The van der Waals surface area contributed by atoms with Gasteiger partial charge in [-0.05, 0) is 100 Å². The fraction of sp³-hybridized carbons (Fsp3) is 0.507. The molecule has 6 amide bonds. The Hall–Kier alpha value is -8.94.